The SMILES string of the molecule is CC(=CCOC1CCCCO1)COS(C)(=O)=O. The van der Waals surface area contributed by atoms with Gasteiger partial charge in [0, 0.05) is 6.61 Å². The molecule has 0 aromatic rings. The molecule has 1 rings (SSSR count). The van der Waals surface area contributed by atoms with Crippen LogP contribution >= 0.6 is 0 Å². The zero-order valence-electron chi connectivity index (χ0n) is 10.3. The van der Waals surface area contributed by atoms with Crippen LogP contribution in [0, 0.1) is 0 Å². The molecule has 0 aliphatic carbocycles. The molecule has 1 aliphatic rings. The van der Waals surface area contributed by atoms with Gasteiger partial charge in [0.2, 0.25) is 0 Å². The third kappa shape index (κ3) is 7.49. The summed E-state index contributed by atoms with van der Waals surface area (Å²) in [5.41, 5.74) is 0.825. The average molecular weight is 264 g/mol. The highest BCUT2D eigenvalue weighted by Gasteiger charge is 2.12. The van der Waals surface area contributed by atoms with Crippen molar-refractivity contribution in [1.29, 1.82) is 0 Å². The van der Waals surface area contributed by atoms with E-state index in [1.165, 1.54) is 0 Å². The van der Waals surface area contributed by atoms with Crippen molar-refractivity contribution in [3.63, 3.8) is 0 Å². The summed E-state index contributed by atoms with van der Waals surface area (Å²) in [5.74, 6) is 0. The van der Waals surface area contributed by atoms with Gasteiger partial charge in [-0.25, -0.2) is 0 Å². The summed E-state index contributed by atoms with van der Waals surface area (Å²) in [5, 5.41) is 0. The van der Waals surface area contributed by atoms with Gasteiger partial charge in [-0.2, -0.15) is 8.42 Å². The second kappa shape index (κ2) is 7.10. The monoisotopic (exact) mass is 264 g/mol. The highest BCUT2D eigenvalue weighted by atomic mass is 32.2. The zero-order chi connectivity index (χ0) is 12.7. The normalized spacial score (nSPS) is 22.7. The van der Waals surface area contributed by atoms with E-state index in [1.54, 1.807) is 6.92 Å². The van der Waals surface area contributed by atoms with E-state index >= 15 is 0 Å². The maximum absolute atomic E-state index is 10.8. The van der Waals surface area contributed by atoms with Gasteiger partial charge < -0.3 is 9.47 Å². The van der Waals surface area contributed by atoms with Gasteiger partial charge in [0.1, 0.15) is 0 Å². The van der Waals surface area contributed by atoms with Crippen LogP contribution in [0.25, 0.3) is 0 Å². The van der Waals surface area contributed by atoms with E-state index < -0.39 is 10.1 Å². The predicted molar refractivity (Wildman–Crippen MR) is 64.1 cm³/mol. The van der Waals surface area contributed by atoms with Crippen molar-refractivity contribution < 1.29 is 22.1 Å². The Hall–Kier alpha value is -0.430. The molecule has 1 heterocycles. The van der Waals surface area contributed by atoms with E-state index in [4.69, 9.17) is 9.47 Å². The van der Waals surface area contributed by atoms with Gasteiger partial charge in [0.25, 0.3) is 10.1 Å². The quantitative estimate of drug-likeness (QED) is 0.537. The van der Waals surface area contributed by atoms with Crippen molar-refractivity contribution in [2.45, 2.75) is 32.5 Å². The Morgan fingerprint density at radius 1 is 1.47 bits per heavy atom. The molecule has 5 nitrogen and oxygen atoms in total. The maximum Gasteiger partial charge on any atom is 0.264 e. The minimum atomic E-state index is -3.37. The molecule has 0 bridgehead atoms. The number of hydrogen-bond donors (Lipinski definition) is 0. The molecule has 0 amide bonds. The van der Waals surface area contributed by atoms with Crippen LogP contribution in [0.1, 0.15) is 26.2 Å². The third-order valence-corrected chi connectivity index (χ3v) is 2.90. The van der Waals surface area contributed by atoms with Crippen LogP contribution in [0.2, 0.25) is 0 Å². The lowest BCUT2D eigenvalue weighted by Crippen LogP contribution is -2.22. The van der Waals surface area contributed by atoms with Crippen LogP contribution in [0.5, 0.6) is 0 Å². The maximum atomic E-state index is 10.8. The van der Waals surface area contributed by atoms with E-state index in [9.17, 15) is 8.42 Å². The van der Waals surface area contributed by atoms with Crippen LogP contribution in [-0.4, -0.2) is 40.8 Å². The van der Waals surface area contributed by atoms with Gasteiger partial charge in [-0.05, 0) is 31.8 Å². The first-order valence-electron chi connectivity index (χ1n) is 5.70. The van der Waals surface area contributed by atoms with E-state index in [-0.39, 0.29) is 12.9 Å². The van der Waals surface area contributed by atoms with Gasteiger partial charge in [0.15, 0.2) is 6.29 Å². The predicted octanol–water partition coefficient (Wildman–Crippen LogP) is 1.45. The van der Waals surface area contributed by atoms with Gasteiger partial charge in [-0.3, -0.25) is 4.18 Å². The molecule has 6 heteroatoms. The molecule has 1 atom stereocenters. The molecule has 100 valence electrons. The Kier molecular flexibility index (Phi) is 6.11. The fraction of sp³-hybridized carbons (Fsp3) is 0.818. The summed E-state index contributed by atoms with van der Waals surface area (Å²) in [4.78, 5) is 0. The summed E-state index contributed by atoms with van der Waals surface area (Å²) in [6.07, 6.45) is 5.87. The molecule has 0 aromatic carbocycles. The third-order valence-electron chi connectivity index (χ3n) is 2.35. The van der Waals surface area contributed by atoms with Gasteiger partial charge in [-0.1, -0.05) is 6.08 Å². The molecule has 1 aliphatic heterocycles. The van der Waals surface area contributed by atoms with Crippen LogP contribution in [0.15, 0.2) is 11.6 Å². The van der Waals surface area contributed by atoms with Crippen LogP contribution in [0.4, 0.5) is 0 Å². The standard InChI is InChI=1S/C11H20O5S/c1-10(9-16-17(2,12)13)6-8-15-11-5-3-4-7-14-11/h6,11H,3-5,7-9H2,1-2H3. The average Bonchev–Trinajstić information content (AvgIpc) is 2.27. The first-order chi connectivity index (χ1) is 7.97. The van der Waals surface area contributed by atoms with Gasteiger partial charge in [-0.15, -0.1) is 0 Å². The summed E-state index contributed by atoms with van der Waals surface area (Å²) in [6.45, 7) is 3.05. The zero-order valence-corrected chi connectivity index (χ0v) is 11.2. The Labute approximate surface area is 103 Å². The van der Waals surface area contributed by atoms with Crippen molar-refractivity contribution in [3.8, 4) is 0 Å². The Morgan fingerprint density at radius 2 is 2.24 bits per heavy atom. The molecule has 0 saturated carbocycles. The minimum absolute atomic E-state index is 0.0771. The lowest BCUT2D eigenvalue weighted by molar-refractivity contribution is -0.155. The van der Waals surface area contributed by atoms with Gasteiger partial charge >= 0.3 is 0 Å². The molecular weight excluding hydrogens is 244 g/mol. The molecule has 1 fully saturated rings. The first kappa shape index (κ1) is 14.6. The van der Waals surface area contributed by atoms with Crippen LogP contribution < -0.4 is 0 Å². The van der Waals surface area contributed by atoms with Crippen molar-refractivity contribution in [1.82, 2.24) is 0 Å². The fourth-order valence-corrected chi connectivity index (χ4v) is 1.80. The largest absolute Gasteiger partial charge is 0.353 e. The fourth-order valence-electron chi connectivity index (χ4n) is 1.40. The van der Waals surface area contributed by atoms with Crippen molar-refractivity contribution in [2.24, 2.45) is 0 Å². The smallest absolute Gasteiger partial charge is 0.264 e. The lowest BCUT2D eigenvalue weighted by Gasteiger charge is -2.22. The summed E-state index contributed by atoms with van der Waals surface area (Å²) >= 11 is 0. The van der Waals surface area contributed by atoms with E-state index in [2.05, 4.69) is 4.18 Å². The number of hydrogen-bond acceptors (Lipinski definition) is 5. The molecule has 0 spiro atoms. The molecule has 17 heavy (non-hydrogen) atoms. The second-order valence-electron chi connectivity index (χ2n) is 4.15. The van der Waals surface area contributed by atoms with Crippen molar-refractivity contribution in [2.75, 3.05) is 26.1 Å². The molecule has 0 N–H and O–H groups in total. The van der Waals surface area contributed by atoms with Crippen molar-refractivity contribution in [3.05, 3.63) is 11.6 Å². The molecular formula is C11H20O5S. The molecule has 1 unspecified atom stereocenters. The summed E-state index contributed by atoms with van der Waals surface area (Å²) in [7, 11) is -3.37. The first-order valence-corrected chi connectivity index (χ1v) is 7.52. The highest BCUT2D eigenvalue weighted by Crippen LogP contribution is 2.13. The van der Waals surface area contributed by atoms with E-state index in [0.717, 1.165) is 37.7 Å². The van der Waals surface area contributed by atoms with Crippen LogP contribution in [0.3, 0.4) is 0 Å². The second-order valence-corrected chi connectivity index (χ2v) is 5.79. The molecule has 0 radical (unpaired) electrons. The highest BCUT2D eigenvalue weighted by molar-refractivity contribution is 7.85. The van der Waals surface area contributed by atoms with Gasteiger partial charge in [0.05, 0.1) is 19.5 Å². The summed E-state index contributed by atoms with van der Waals surface area (Å²) in [6, 6.07) is 0. The van der Waals surface area contributed by atoms with Crippen molar-refractivity contribution >= 4 is 10.1 Å². The minimum Gasteiger partial charge on any atom is -0.353 e. The lowest BCUT2D eigenvalue weighted by atomic mass is 10.2. The Bertz CT molecular complexity index is 341. The number of ether oxygens (including phenoxy) is 2. The van der Waals surface area contributed by atoms with Crippen LogP contribution in [-0.2, 0) is 23.8 Å². The molecule has 0 aromatic heterocycles. The Balaban J connectivity index is 2.18. The van der Waals surface area contributed by atoms with E-state index in [0.29, 0.717) is 6.61 Å². The summed E-state index contributed by atoms with van der Waals surface area (Å²) < 4.78 is 37.0. The topological polar surface area (TPSA) is 61.8 Å². The van der Waals surface area contributed by atoms with E-state index in [1.807, 2.05) is 6.08 Å². The Morgan fingerprint density at radius 3 is 2.82 bits per heavy atom. The number of rotatable bonds is 6. The molecule has 1 saturated heterocycles.